The zero-order valence-electron chi connectivity index (χ0n) is 10.8. The van der Waals surface area contributed by atoms with Crippen molar-refractivity contribution in [1.29, 1.82) is 0 Å². The standard InChI is InChI=1S/C13H13NO3S3/c1-2-17-11(15)5-6-14-12(16)10(20-13(14)18)8-9-4-3-7-19-9/h3-4,7-8H,2,5-6H2,1H3/b10-8-. The summed E-state index contributed by atoms with van der Waals surface area (Å²) in [5, 5.41) is 1.95. The molecular weight excluding hydrogens is 314 g/mol. The van der Waals surface area contributed by atoms with Gasteiger partial charge in [0.05, 0.1) is 17.9 Å². The maximum Gasteiger partial charge on any atom is 0.307 e. The van der Waals surface area contributed by atoms with Gasteiger partial charge in [-0.3, -0.25) is 14.5 Å². The predicted octanol–water partition coefficient (Wildman–Crippen LogP) is 2.90. The number of thiophene rings is 1. The number of thioether (sulfide) groups is 1. The normalized spacial score (nSPS) is 17.1. The molecule has 4 nitrogen and oxygen atoms in total. The fourth-order valence-corrected chi connectivity index (χ4v) is 3.66. The average Bonchev–Trinajstić information content (AvgIpc) is 2.99. The van der Waals surface area contributed by atoms with Gasteiger partial charge in [-0.2, -0.15) is 0 Å². The number of hydrogen-bond donors (Lipinski definition) is 0. The van der Waals surface area contributed by atoms with Crippen molar-refractivity contribution in [2.45, 2.75) is 13.3 Å². The van der Waals surface area contributed by atoms with Crippen LogP contribution in [0.15, 0.2) is 22.4 Å². The van der Waals surface area contributed by atoms with E-state index in [9.17, 15) is 9.59 Å². The zero-order chi connectivity index (χ0) is 14.5. The highest BCUT2D eigenvalue weighted by atomic mass is 32.2. The molecule has 0 unspecified atom stereocenters. The van der Waals surface area contributed by atoms with Crippen LogP contribution in [0.5, 0.6) is 0 Å². The number of hydrogen-bond acceptors (Lipinski definition) is 6. The van der Waals surface area contributed by atoms with Crippen molar-refractivity contribution in [1.82, 2.24) is 4.90 Å². The van der Waals surface area contributed by atoms with Gasteiger partial charge in [0.25, 0.3) is 5.91 Å². The van der Waals surface area contributed by atoms with Gasteiger partial charge in [0, 0.05) is 11.4 Å². The molecule has 2 rings (SSSR count). The third kappa shape index (κ3) is 3.68. The monoisotopic (exact) mass is 327 g/mol. The summed E-state index contributed by atoms with van der Waals surface area (Å²) >= 11 is 8.02. The quantitative estimate of drug-likeness (QED) is 0.473. The molecule has 0 atom stereocenters. The first-order valence-corrected chi connectivity index (χ1v) is 8.16. The topological polar surface area (TPSA) is 46.6 Å². The lowest BCUT2D eigenvalue weighted by Gasteiger charge is -2.13. The Morgan fingerprint density at radius 1 is 1.55 bits per heavy atom. The number of esters is 1. The van der Waals surface area contributed by atoms with Crippen molar-refractivity contribution in [2.24, 2.45) is 0 Å². The summed E-state index contributed by atoms with van der Waals surface area (Å²) in [6.45, 7) is 2.36. The molecule has 0 spiro atoms. The van der Waals surface area contributed by atoms with Crippen molar-refractivity contribution in [3.05, 3.63) is 27.3 Å². The fourth-order valence-electron chi connectivity index (χ4n) is 1.63. The van der Waals surface area contributed by atoms with Gasteiger partial charge in [-0.05, 0) is 24.4 Å². The predicted molar refractivity (Wildman–Crippen MR) is 85.4 cm³/mol. The van der Waals surface area contributed by atoms with Crippen LogP contribution in [0, 0.1) is 0 Å². The molecule has 0 saturated carbocycles. The highest BCUT2D eigenvalue weighted by molar-refractivity contribution is 8.26. The molecule has 1 saturated heterocycles. The Morgan fingerprint density at radius 2 is 2.35 bits per heavy atom. The van der Waals surface area contributed by atoms with Crippen LogP contribution < -0.4 is 0 Å². The Labute approximate surface area is 130 Å². The summed E-state index contributed by atoms with van der Waals surface area (Å²) in [4.78, 5) is 26.6. The van der Waals surface area contributed by atoms with Crippen LogP contribution in [-0.4, -0.2) is 34.2 Å². The van der Waals surface area contributed by atoms with E-state index in [0.29, 0.717) is 15.8 Å². The third-order valence-corrected chi connectivity index (χ3v) is 4.73. The van der Waals surface area contributed by atoms with E-state index in [1.165, 1.54) is 16.7 Å². The van der Waals surface area contributed by atoms with E-state index >= 15 is 0 Å². The first-order chi connectivity index (χ1) is 9.61. The summed E-state index contributed by atoms with van der Waals surface area (Å²) in [5.41, 5.74) is 0. The maximum absolute atomic E-state index is 12.2. The minimum absolute atomic E-state index is 0.141. The van der Waals surface area contributed by atoms with Gasteiger partial charge >= 0.3 is 5.97 Å². The second kappa shape index (κ2) is 7.01. The van der Waals surface area contributed by atoms with Crippen molar-refractivity contribution in [3.8, 4) is 0 Å². The summed E-state index contributed by atoms with van der Waals surface area (Å²) in [5.74, 6) is -0.457. The number of nitrogens with zero attached hydrogens (tertiary/aromatic N) is 1. The van der Waals surface area contributed by atoms with Gasteiger partial charge < -0.3 is 4.74 Å². The summed E-state index contributed by atoms with van der Waals surface area (Å²) in [7, 11) is 0. The zero-order valence-corrected chi connectivity index (χ0v) is 13.3. The maximum atomic E-state index is 12.2. The minimum atomic E-state index is -0.316. The second-order valence-corrected chi connectivity index (χ2v) is 6.56. The van der Waals surface area contributed by atoms with Crippen molar-refractivity contribution in [2.75, 3.05) is 13.2 Å². The van der Waals surface area contributed by atoms with Crippen LogP contribution in [0.2, 0.25) is 0 Å². The number of rotatable bonds is 5. The Balaban J connectivity index is 2.00. The van der Waals surface area contributed by atoms with Gasteiger partial charge in [0.2, 0.25) is 0 Å². The lowest BCUT2D eigenvalue weighted by Crippen LogP contribution is -2.30. The number of thiocarbonyl (C=S) groups is 1. The highest BCUT2D eigenvalue weighted by Crippen LogP contribution is 2.33. The second-order valence-electron chi connectivity index (χ2n) is 3.90. The lowest BCUT2D eigenvalue weighted by atomic mass is 10.3. The molecule has 106 valence electrons. The molecule has 7 heteroatoms. The molecule has 0 bridgehead atoms. The first kappa shape index (κ1) is 15.2. The molecule has 0 N–H and O–H groups in total. The van der Waals surface area contributed by atoms with E-state index in [0.717, 1.165) is 4.88 Å². The lowest BCUT2D eigenvalue weighted by molar-refractivity contribution is -0.143. The van der Waals surface area contributed by atoms with Crippen molar-refractivity contribution < 1.29 is 14.3 Å². The molecule has 0 aromatic carbocycles. The molecule has 1 aliphatic heterocycles. The van der Waals surface area contributed by atoms with Crippen LogP contribution in [0.4, 0.5) is 0 Å². The van der Waals surface area contributed by atoms with E-state index in [1.807, 2.05) is 23.6 Å². The van der Waals surface area contributed by atoms with E-state index in [4.69, 9.17) is 17.0 Å². The molecule has 1 aromatic rings. The number of carbonyl (C=O) groups excluding carboxylic acids is 2. The molecular formula is C13H13NO3S3. The smallest absolute Gasteiger partial charge is 0.307 e. The van der Waals surface area contributed by atoms with E-state index < -0.39 is 0 Å². The number of ether oxygens (including phenoxy) is 1. The third-order valence-electron chi connectivity index (χ3n) is 2.53. The molecule has 0 aliphatic carbocycles. The van der Waals surface area contributed by atoms with Gasteiger partial charge in [-0.25, -0.2) is 0 Å². The number of amides is 1. The fraction of sp³-hybridized carbons (Fsp3) is 0.308. The average molecular weight is 327 g/mol. The molecule has 1 amide bonds. The van der Waals surface area contributed by atoms with Crippen LogP contribution >= 0.6 is 35.3 Å². The van der Waals surface area contributed by atoms with Crippen molar-refractivity contribution in [3.63, 3.8) is 0 Å². The van der Waals surface area contributed by atoms with Crippen LogP contribution in [0.1, 0.15) is 18.2 Å². The molecule has 1 aliphatic rings. The van der Waals surface area contributed by atoms with Crippen molar-refractivity contribution >= 4 is 57.6 Å². The molecule has 2 heterocycles. The summed E-state index contributed by atoms with van der Waals surface area (Å²) in [6, 6.07) is 3.87. The van der Waals surface area contributed by atoms with E-state index in [-0.39, 0.29) is 24.8 Å². The molecule has 1 fully saturated rings. The SMILES string of the molecule is CCOC(=O)CCN1C(=O)/C(=C/c2cccs2)SC1=S. The molecule has 1 aromatic heterocycles. The molecule has 20 heavy (non-hydrogen) atoms. The Morgan fingerprint density at radius 3 is 3.00 bits per heavy atom. The van der Waals surface area contributed by atoms with Crippen LogP contribution in [-0.2, 0) is 14.3 Å². The summed E-state index contributed by atoms with van der Waals surface area (Å²) in [6.07, 6.45) is 1.99. The van der Waals surface area contributed by atoms with E-state index in [1.54, 1.807) is 18.3 Å². The first-order valence-electron chi connectivity index (χ1n) is 6.06. The summed E-state index contributed by atoms with van der Waals surface area (Å²) < 4.78 is 5.33. The van der Waals surface area contributed by atoms with Gasteiger partial charge in [0.15, 0.2) is 0 Å². The van der Waals surface area contributed by atoms with Crippen LogP contribution in [0.3, 0.4) is 0 Å². The van der Waals surface area contributed by atoms with E-state index in [2.05, 4.69) is 0 Å². The van der Waals surface area contributed by atoms with Crippen LogP contribution in [0.25, 0.3) is 6.08 Å². The Kier molecular flexibility index (Phi) is 5.33. The Hall–Kier alpha value is -1.18. The minimum Gasteiger partial charge on any atom is -0.466 e. The molecule has 0 radical (unpaired) electrons. The largest absolute Gasteiger partial charge is 0.466 e. The van der Waals surface area contributed by atoms with Gasteiger partial charge in [0.1, 0.15) is 4.32 Å². The number of carbonyl (C=O) groups is 2. The Bertz CT molecular complexity index is 551. The highest BCUT2D eigenvalue weighted by Gasteiger charge is 2.32. The van der Waals surface area contributed by atoms with Gasteiger partial charge in [-0.15, -0.1) is 11.3 Å². The van der Waals surface area contributed by atoms with Gasteiger partial charge in [-0.1, -0.05) is 30.0 Å².